The normalized spacial score (nSPS) is 13.2. The van der Waals surface area contributed by atoms with E-state index in [0.717, 1.165) is 20.3 Å². The number of carbonyl (C=O) groups is 2. The third kappa shape index (κ3) is 4.30. The van der Waals surface area contributed by atoms with Gasteiger partial charge in [0.1, 0.15) is 5.75 Å². The Morgan fingerprint density at radius 1 is 0.958 bits per heavy atom. The average Bonchev–Trinajstić information content (AvgIpc) is 2.51. The molecule has 1 aromatic carbocycles. The molecule has 0 aromatic heterocycles. The molecule has 0 amide bonds. The van der Waals surface area contributed by atoms with E-state index in [4.69, 9.17) is 0 Å². The maximum atomic E-state index is 13.2. The summed E-state index contributed by atoms with van der Waals surface area (Å²) in [7, 11) is 1.88. The summed E-state index contributed by atoms with van der Waals surface area (Å²) in [6.07, 6.45) is -15.7. The van der Waals surface area contributed by atoms with Gasteiger partial charge in [0.25, 0.3) is 6.17 Å². The second kappa shape index (κ2) is 6.97. The van der Waals surface area contributed by atoms with Crippen molar-refractivity contribution in [2.24, 2.45) is 0 Å². The number of methoxy groups -OCH3 is 2. The third-order valence-corrected chi connectivity index (χ3v) is 2.64. The molecule has 0 spiro atoms. The zero-order valence-corrected chi connectivity index (χ0v) is 12.1. The van der Waals surface area contributed by atoms with Crippen molar-refractivity contribution in [1.29, 1.82) is 0 Å². The van der Waals surface area contributed by atoms with Crippen LogP contribution in [0.5, 0.6) is 5.75 Å². The lowest BCUT2D eigenvalue weighted by Crippen LogP contribution is -2.45. The molecule has 24 heavy (non-hydrogen) atoms. The number of esters is 2. The summed E-state index contributed by atoms with van der Waals surface area (Å²) in [4.78, 5) is 23.0. The predicted octanol–water partition coefficient (Wildman–Crippen LogP) is 3.13. The van der Waals surface area contributed by atoms with Crippen LogP contribution in [0.25, 0.3) is 0 Å². The Kier molecular flexibility index (Phi) is 5.69. The zero-order valence-electron chi connectivity index (χ0n) is 12.1. The van der Waals surface area contributed by atoms with Crippen molar-refractivity contribution in [3.8, 4) is 5.75 Å². The van der Waals surface area contributed by atoms with Crippen LogP contribution in [0.2, 0.25) is 0 Å². The van der Waals surface area contributed by atoms with Crippen molar-refractivity contribution in [2.75, 3.05) is 14.2 Å². The van der Waals surface area contributed by atoms with Gasteiger partial charge in [0, 0.05) is 0 Å². The summed E-state index contributed by atoms with van der Waals surface area (Å²) < 4.78 is 87.8. The molecule has 0 fully saturated rings. The molecule has 0 aliphatic carbocycles. The topological polar surface area (TPSA) is 61.8 Å². The quantitative estimate of drug-likeness (QED) is 0.596. The second-order valence-electron chi connectivity index (χ2n) is 4.26. The first-order chi connectivity index (χ1) is 10.9. The van der Waals surface area contributed by atoms with Crippen molar-refractivity contribution >= 4 is 11.9 Å². The van der Waals surface area contributed by atoms with E-state index in [0.29, 0.717) is 12.1 Å². The number of hydrogen-bond acceptors (Lipinski definition) is 5. The summed E-state index contributed by atoms with van der Waals surface area (Å²) in [5.41, 5.74) is -1.02. The van der Waals surface area contributed by atoms with Crippen molar-refractivity contribution in [3.05, 3.63) is 29.3 Å². The number of alkyl halides is 6. The molecule has 1 rings (SSSR count). The van der Waals surface area contributed by atoms with Crippen molar-refractivity contribution in [3.63, 3.8) is 0 Å². The molecule has 0 aliphatic rings. The second-order valence-corrected chi connectivity index (χ2v) is 4.26. The Labute approximate surface area is 131 Å². The summed E-state index contributed by atoms with van der Waals surface area (Å²) in [6.45, 7) is 0. The molecule has 0 heterocycles. The highest BCUT2D eigenvalue weighted by atomic mass is 19.4. The molecule has 0 aliphatic heterocycles. The molecule has 1 aromatic rings. The van der Waals surface area contributed by atoms with Crippen LogP contribution in [-0.2, 0) is 9.47 Å². The summed E-state index contributed by atoms with van der Waals surface area (Å²) >= 11 is 0. The fourth-order valence-electron chi connectivity index (χ4n) is 1.55. The molecule has 0 saturated carbocycles. The van der Waals surface area contributed by atoms with Crippen LogP contribution in [0.4, 0.5) is 26.3 Å². The van der Waals surface area contributed by atoms with Gasteiger partial charge in [-0.3, -0.25) is 0 Å². The molecule has 0 saturated heterocycles. The van der Waals surface area contributed by atoms with E-state index in [-0.39, 0.29) is 0 Å². The minimum atomic E-state index is -5.86. The highest BCUT2D eigenvalue weighted by molar-refractivity contribution is 6.03. The van der Waals surface area contributed by atoms with Gasteiger partial charge in [-0.2, -0.15) is 22.0 Å². The number of rotatable bonds is 5. The van der Waals surface area contributed by atoms with Crippen LogP contribution >= 0.6 is 0 Å². The van der Waals surface area contributed by atoms with Crippen molar-refractivity contribution < 1.29 is 50.1 Å². The third-order valence-electron chi connectivity index (χ3n) is 2.64. The van der Waals surface area contributed by atoms with E-state index in [1.54, 1.807) is 0 Å². The van der Waals surface area contributed by atoms with Gasteiger partial charge in [0.05, 0.1) is 25.3 Å². The first-order valence-electron chi connectivity index (χ1n) is 6.02. The summed E-state index contributed by atoms with van der Waals surface area (Å²) in [6, 6.07) is 1.94. The number of ether oxygens (including phenoxy) is 3. The molecule has 0 bridgehead atoms. The molecular weight excluding hydrogens is 350 g/mol. The molecule has 0 N–H and O–H groups in total. The van der Waals surface area contributed by atoms with Gasteiger partial charge in [-0.05, 0) is 18.2 Å². The molecule has 134 valence electrons. The van der Waals surface area contributed by atoms with E-state index >= 15 is 0 Å². The lowest BCUT2D eigenvalue weighted by Gasteiger charge is -2.23. The first-order valence-corrected chi connectivity index (χ1v) is 6.02. The first kappa shape index (κ1) is 19.6. The van der Waals surface area contributed by atoms with Crippen molar-refractivity contribution in [1.82, 2.24) is 0 Å². The Morgan fingerprint density at radius 2 is 1.46 bits per heavy atom. The van der Waals surface area contributed by atoms with Gasteiger partial charge in [-0.25, -0.2) is 14.0 Å². The van der Waals surface area contributed by atoms with Gasteiger partial charge < -0.3 is 14.2 Å². The Bertz CT molecular complexity index is 628. The van der Waals surface area contributed by atoms with Gasteiger partial charge in [-0.15, -0.1) is 0 Å². The highest BCUT2D eigenvalue weighted by Gasteiger charge is 2.59. The number of benzene rings is 1. The Hall–Kier alpha value is -2.46. The molecule has 0 radical (unpaired) electrons. The average molecular weight is 360 g/mol. The minimum absolute atomic E-state index is 0.410. The SMILES string of the molecule is COC(=O)c1ccc(OC(F)(F)C(F)C(F)(F)F)cc1C(=O)OC. The van der Waals surface area contributed by atoms with Crippen LogP contribution in [0.15, 0.2) is 18.2 Å². The number of hydrogen-bond donors (Lipinski definition) is 0. The van der Waals surface area contributed by atoms with Crippen LogP contribution in [-0.4, -0.2) is 44.6 Å². The van der Waals surface area contributed by atoms with E-state index < -0.39 is 47.3 Å². The standard InChI is InChI=1S/C13H10F6O5/c1-22-9(20)7-4-3-6(5-8(7)10(21)23-2)24-13(18,19)11(14)12(15,16)17/h3-5,11H,1-2H3. The van der Waals surface area contributed by atoms with Crippen LogP contribution < -0.4 is 4.74 Å². The van der Waals surface area contributed by atoms with Crippen LogP contribution in [0.3, 0.4) is 0 Å². The lowest BCUT2D eigenvalue weighted by molar-refractivity contribution is -0.304. The predicted molar refractivity (Wildman–Crippen MR) is 65.6 cm³/mol. The smallest absolute Gasteiger partial charge is 0.439 e. The molecule has 11 heteroatoms. The fourth-order valence-corrected chi connectivity index (χ4v) is 1.55. The molecule has 1 atom stereocenters. The fraction of sp³-hybridized carbons (Fsp3) is 0.385. The highest BCUT2D eigenvalue weighted by Crippen LogP contribution is 2.37. The monoisotopic (exact) mass is 360 g/mol. The van der Waals surface area contributed by atoms with E-state index in [9.17, 15) is 35.9 Å². The zero-order chi connectivity index (χ0) is 18.7. The Balaban J connectivity index is 3.23. The Morgan fingerprint density at radius 3 is 1.92 bits per heavy atom. The van der Waals surface area contributed by atoms with E-state index in [1.165, 1.54) is 0 Å². The van der Waals surface area contributed by atoms with Crippen molar-refractivity contribution in [2.45, 2.75) is 18.5 Å². The van der Waals surface area contributed by atoms with Gasteiger partial charge in [-0.1, -0.05) is 0 Å². The molecular formula is C13H10F6O5. The largest absolute Gasteiger partial charge is 0.465 e. The van der Waals surface area contributed by atoms with Gasteiger partial charge in [0.15, 0.2) is 0 Å². The maximum Gasteiger partial charge on any atom is 0.439 e. The molecule has 5 nitrogen and oxygen atoms in total. The minimum Gasteiger partial charge on any atom is -0.465 e. The molecule has 1 unspecified atom stereocenters. The van der Waals surface area contributed by atoms with Crippen LogP contribution in [0.1, 0.15) is 20.7 Å². The number of halogens is 6. The van der Waals surface area contributed by atoms with Gasteiger partial charge >= 0.3 is 24.2 Å². The van der Waals surface area contributed by atoms with E-state index in [2.05, 4.69) is 14.2 Å². The summed E-state index contributed by atoms with van der Waals surface area (Å²) in [5, 5.41) is 0. The van der Waals surface area contributed by atoms with Crippen LogP contribution in [0, 0.1) is 0 Å². The lowest BCUT2D eigenvalue weighted by atomic mass is 10.1. The van der Waals surface area contributed by atoms with Gasteiger partial charge in [0.2, 0.25) is 0 Å². The summed E-state index contributed by atoms with van der Waals surface area (Å²) in [5.74, 6) is -3.19. The van der Waals surface area contributed by atoms with E-state index in [1.807, 2.05) is 0 Å². The maximum absolute atomic E-state index is 13.2. The number of carbonyl (C=O) groups excluding carboxylic acids is 2.